The zero-order valence-electron chi connectivity index (χ0n) is 14.3. The average molecular weight is 300 g/mol. The van der Waals surface area contributed by atoms with Gasteiger partial charge in [0, 0.05) is 19.1 Å². The maximum absolute atomic E-state index is 12.6. The summed E-state index contributed by atoms with van der Waals surface area (Å²) in [7, 11) is 0. The number of amides is 2. The van der Waals surface area contributed by atoms with E-state index in [1.807, 2.05) is 12.1 Å². The first kappa shape index (κ1) is 15.4. The number of aryl methyl sites for hydroxylation is 1. The van der Waals surface area contributed by atoms with Crippen LogP contribution < -0.4 is 5.32 Å². The van der Waals surface area contributed by atoms with Gasteiger partial charge in [0.2, 0.25) is 0 Å². The van der Waals surface area contributed by atoms with Crippen LogP contribution in [-0.2, 0) is 6.54 Å². The van der Waals surface area contributed by atoms with E-state index in [1.54, 1.807) is 0 Å². The van der Waals surface area contributed by atoms with Crippen molar-refractivity contribution >= 4 is 6.03 Å². The third-order valence-corrected chi connectivity index (χ3v) is 5.37. The van der Waals surface area contributed by atoms with Gasteiger partial charge in [-0.3, -0.25) is 0 Å². The van der Waals surface area contributed by atoms with E-state index >= 15 is 0 Å². The molecule has 3 nitrogen and oxygen atoms in total. The van der Waals surface area contributed by atoms with Gasteiger partial charge in [0.15, 0.2) is 0 Å². The highest BCUT2D eigenvalue weighted by Gasteiger charge is 2.50. The normalized spacial score (nSPS) is 29.5. The van der Waals surface area contributed by atoms with Crippen molar-refractivity contribution in [3.8, 4) is 0 Å². The molecule has 2 amide bonds. The van der Waals surface area contributed by atoms with Crippen molar-refractivity contribution in [3.05, 3.63) is 35.4 Å². The average Bonchev–Trinajstić information content (AvgIpc) is 2.67. The summed E-state index contributed by atoms with van der Waals surface area (Å²) in [6, 6.07) is 8.75. The molecule has 1 N–H and O–H groups in total. The molecule has 0 spiro atoms. The maximum Gasteiger partial charge on any atom is 0.317 e. The Morgan fingerprint density at radius 3 is 2.73 bits per heavy atom. The van der Waals surface area contributed by atoms with E-state index in [1.165, 1.54) is 17.5 Å². The number of nitrogens with one attached hydrogen (secondary N) is 1. The first-order valence-corrected chi connectivity index (χ1v) is 8.37. The van der Waals surface area contributed by atoms with E-state index in [2.05, 4.69) is 50.0 Å². The molecular formula is C19H28N2O. The van der Waals surface area contributed by atoms with Crippen molar-refractivity contribution in [3.63, 3.8) is 0 Å². The van der Waals surface area contributed by atoms with Crippen molar-refractivity contribution in [1.82, 2.24) is 10.2 Å². The lowest BCUT2D eigenvalue weighted by Gasteiger charge is -2.39. The molecule has 3 rings (SSSR count). The fourth-order valence-corrected chi connectivity index (χ4v) is 4.78. The number of fused-ring (bicyclic) bond motifs is 2. The fourth-order valence-electron chi connectivity index (χ4n) is 4.78. The molecular weight excluding hydrogens is 272 g/mol. The van der Waals surface area contributed by atoms with Crippen molar-refractivity contribution in [2.75, 3.05) is 6.54 Å². The fraction of sp³-hybridized carbons (Fsp3) is 0.632. The molecule has 2 unspecified atom stereocenters. The zero-order valence-corrected chi connectivity index (χ0v) is 14.3. The number of likely N-dealkylation sites (tertiary alicyclic amines) is 1. The lowest BCUT2D eigenvalue weighted by Crippen LogP contribution is -2.43. The Morgan fingerprint density at radius 2 is 2.00 bits per heavy atom. The molecule has 1 heterocycles. The van der Waals surface area contributed by atoms with Gasteiger partial charge < -0.3 is 10.2 Å². The quantitative estimate of drug-likeness (QED) is 0.876. The topological polar surface area (TPSA) is 32.3 Å². The molecule has 1 aromatic rings. The maximum atomic E-state index is 12.6. The Morgan fingerprint density at radius 1 is 1.27 bits per heavy atom. The standard InChI is InChI=1S/C19H28N2O/c1-14-7-5-6-8-15(14)11-20-17(22)21-13-19(4)10-16(21)9-18(2,3)12-19/h5-8,16H,9-13H2,1-4H3,(H,20,22). The van der Waals surface area contributed by atoms with Crippen LogP contribution in [0.4, 0.5) is 4.79 Å². The van der Waals surface area contributed by atoms with Crippen LogP contribution in [0.3, 0.4) is 0 Å². The van der Waals surface area contributed by atoms with Crippen LogP contribution in [0.5, 0.6) is 0 Å². The second-order valence-corrected chi connectivity index (χ2v) is 8.43. The van der Waals surface area contributed by atoms with Gasteiger partial charge in [-0.15, -0.1) is 0 Å². The lowest BCUT2D eigenvalue weighted by atomic mass is 9.65. The predicted octanol–water partition coefficient (Wildman–Crippen LogP) is 4.11. The molecule has 0 radical (unpaired) electrons. The number of hydrogen-bond donors (Lipinski definition) is 1. The minimum absolute atomic E-state index is 0.106. The van der Waals surface area contributed by atoms with E-state index in [0.29, 0.717) is 23.4 Å². The van der Waals surface area contributed by atoms with Crippen LogP contribution in [0, 0.1) is 17.8 Å². The van der Waals surface area contributed by atoms with Gasteiger partial charge in [-0.2, -0.15) is 0 Å². The van der Waals surface area contributed by atoms with Crippen LogP contribution in [0.2, 0.25) is 0 Å². The number of carbonyl (C=O) groups excluding carboxylic acids is 1. The van der Waals surface area contributed by atoms with E-state index in [4.69, 9.17) is 0 Å². The molecule has 2 atom stereocenters. The van der Waals surface area contributed by atoms with Gasteiger partial charge >= 0.3 is 6.03 Å². The number of urea groups is 1. The van der Waals surface area contributed by atoms with Crippen LogP contribution in [0.1, 0.15) is 51.2 Å². The summed E-state index contributed by atoms with van der Waals surface area (Å²) < 4.78 is 0. The molecule has 2 aliphatic rings. The highest BCUT2D eigenvalue weighted by Crippen LogP contribution is 2.52. The number of hydrogen-bond acceptors (Lipinski definition) is 1. The van der Waals surface area contributed by atoms with E-state index < -0.39 is 0 Å². The smallest absolute Gasteiger partial charge is 0.317 e. The zero-order chi connectivity index (χ0) is 16.0. The van der Waals surface area contributed by atoms with Gasteiger partial charge in [-0.25, -0.2) is 4.79 Å². The van der Waals surface area contributed by atoms with Crippen molar-refractivity contribution in [1.29, 1.82) is 0 Å². The third kappa shape index (κ3) is 2.99. The Balaban J connectivity index is 1.65. The van der Waals surface area contributed by atoms with E-state index in [-0.39, 0.29) is 6.03 Å². The van der Waals surface area contributed by atoms with Crippen LogP contribution in [0.25, 0.3) is 0 Å². The van der Waals surface area contributed by atoms with Gasteiger partial charge in [0.25, 0.3) is 0 Å². The molecule has 1 aliphatic carbocycles. The summed E-state index contributed by atoms with van der Waals surface area (Å²) in [4.78, 5) is 14.7. The van der Waals surface area contributed by atoms with Crippen molar-refractivity contribution in [2.24, 2.45) is 10.8 Å². The van der Waals surface area contributed by atoms with Gasteiger partial charge in [0.05, 0.1) is 0 Å². The summed E-state index contributed by atoms with van der Waals surface area (Å²) >= 11 is 0. The molecule has 1 aliphatic heterocycles. The minimum atomic E-state index is 0.106. The van der Waals surface area contributed by atoms with E-state index in [9.17, 15) is 4.79 Å². The summed E-state index contributed by atoms with van der Waals surface area (Å²) in [5, 5.41) is 3.13. The van der Waals surface area contributed by atoms with Crippen LogP contribution >= 0.6 is 0 Å². The SMILES string of the molecule is Cc1ccccc1CNC(=O)N1CC2(C)CC1CC(C)(C)C2. The largest absolute Gasteiger partial charge is 0.334 e. The molecule has 22 heavy (non-hydrogen) atoms. The van der Waals surface area contributed by atoms with Crippen molar-refractivity contribution in [2.45, 2.75) is 59.5 Å². The Hall–Kier alpha value is -1.51. The minimum Gasteiger partial charge on any atom is -0.334 e. The summed E-state index contributed by atoms with van der Waals surface area (Å²) in [5.41, 5.74) is 3.08. The Kier molecular flexibility index (Phi) is 3.70. The van der Waals surface area contributed by atoms with Gasteiger partial charge in [0.1, 0.15) is 0 Å². The monoisotopic (exact) mass is 300 g/mol. The van der Waals surface area contributed by atoms with Crippen LogP contribution in [0.15, 0.2) is 24.3 Å². The molecule has 1 saturated heterocycles. The number of nitrogens with zero attached hydrogens (tertiary/aromatic N) is 1. The van der Waals surface area contributed by atoms with Gasteiger partial charge in [-0.05, 0) is 48.1 Å². The molecule has 2 fully saturated rings. The molecule has 1 aromatic carbocycles. The Bertz CT molecular complexity index is 581. The van der Waals surface area contributed by atoms with Gasteiger partial charge in [-0.1, -0.05) is 45.0 Å². The van der Waals surface area contributed by atoms with Crippen LogP contribution in [-0.4, -0.2) is 23.5 Å². The molecule has 120 valence electrons. The molecule has 3 heteroatoms. The second-order valence-electron chi connectivity index (χ2n) is 8.43. The lowest BCUT2D eigenvalue weighted by molar-refractivity contribution is 0.129. The first-order valence-electron chi connectivity index (χ1n) is 8.37. The number of rotatable bonds is 2. The molecule has 0 aromatic heterocycles. The van der Waals surface area contributed by atoms with Crippen molar-refractivity contribution < 1.29 is 4.79 Å². The summed E-state index contributed by atoms with van der Waals surface area (Å²) in [6.07, 6.45) is 3.51. The highest BCUT2D eigenvalue weighted by molar-refractivity contribution is 5.75. The molecule has 2 bridgehead atoms. The highest BCUT2D eigenvalue weighted by atomic mass is 16.2. The first-order chi connectivity index (χ1) is 10.3. The van der Waals surface area contributed by atoms with E-state index in [0.717, 1.165) is 19.4 Å². The molecule has 1 saturated carbocycles. The predicted molar refractivity (Wildman–Crippen MR) is 89.6 cm³/mol. The third-order valence-electron chi connectivity index (χ3n) is 5.37. The summed E-state index contributed by atoms with van der Waals surface area (Å²) in [6.45, 7) is 10.6. The second kappa shape index (κ2) is 5.29. The number of carbonyl (C=O) groups is 1. The number of benzene rings is 1. The Labute approximate surface area is 134 Å². The summed E-state index contributed by atoms with van der Waals surface area (Å²) in [5.74, 6) is 0.